The Morgan fingerprint density at radius 1 is 1.19 bits per heavy atom. The summed E-state index contributed by atoms with van der Waals surface area (Å²) in [7, 11) is 1.60. The number of aromatic nitrogens is 3. The zero-order valence-electron chi connectivity index (χ0n) is 15.0. The van der Waals surface area contributed by atoms with Gasteiger partial charge in [0.1, 0.15) is 5.75 Å². The van der Waals surface area contributed by atoms with E-state index >= 15 is 0 Å². The molecule has 8 heteroatoms. The minimum Gasteiger partial charge on any atom is -0.497 e. The van der Waals surface area contributed by atoms with Crippen LogP contribution in [0.4, 0.5) is 5.69 Å². The van der Waals surface area contributed by atoms with Crippen LogP contribution >= 0.6 is 0 Å². The Hall–Kier alpha value is -3.13. The van der Waals surface area contributed by atoms with Gasteiger partial charge in [-0.05, 0) is 23.8 Å². The van der Waals surface area contributed by atoms with E-state index in [0.29, 0.717) is 25.3 Å². The first-order chi connectivity index (χ1) is 13.2. The molecule has 1 fully saturated rings. The second-order valence-corrected chi connectivity index (χ2v) is 6.35. The zero-order valence-corrected chi connectivity index (χ0v) is 15.0. The van der Waals surface area contributed by atoms with E-state index in [2.05, 4.69) is 14.9 Å². The molecule has 27 heavy (non-hydrogen) atoms. The maximum Gasteiger partial charge on any atom is 0.329 e. The van der Waals surface area contributed by atoms with Crippen LogP contribution in [0.25, 0.3) is 11.0 Å². The SMILES string of the molecule is COc1ccc(Cn2c(=O)[nH]c(=O)c3ncc(N4CCOCC4)cc32)cc1. The third-order valence-corrected chi connectivity index (χ3v) is 4.70. The summed E-state index contributed by atoms with van der Waals surface area (Å²) in [5.41, 5.74) is 1.63. The molecule has 1 N–H and O–H groups in total. The summed E-state index contributed by atoms with van der Waals surface area (Å²) < 4.78 is 12.1. The van der Waals surface area contributed by atoms with Gasteiger partial charge in [0.2, 0.25) is 0 Å². The molecule has 8 nitrogen and oxygen atoms in total. The molecular weight excluding hydrogens is 348 g/mol. The smallest absolute Gasteiger partial charge is 0.329 e. The van der Waals surface area contributed by atoms with E-state index in [0.717, 1.165) is 30.1 Å². The first-order valence-electron chi connectivity index (χ1n) is 8.74. The number of benzene rings is 1. The molecule has 1 aromatic carbocycles. The van der Waals surface area contributed by atoms with E-state index in [1.54, 1.807) is 13.3 Å². The van der Waals surface area contributed by atoms with E-state index in [-0.39, 0.29) is 5.52 Å². The van der Waals surface area contributed by atoms with Gasteiger partial charge in [-0.3, -0.25) is 14.3 Å². The van der Waals surface area contributed by atoms with Crippen LogP contribution in [0.2, 0.25) is 0 Å². The Labute approximate surface area is 155 Å². The van der Waals surface area contributed by atoms with Crippen molar-refractivity contribution >= 4 is 16.7 Å². The summed E-state index contributed by atoms with van der Waals surface area (Å²) in [5.74, 6) is 0.744. The Kier molecular flexibility index (Phi) is 4.64. The lowest BCUT2D eigenvalue weighted by Gasteiger charge is -2.28. The van der Waals surface area contributed by atoms with Gasteiger partial charge < -0.3 is 14.4 Å². The van der Waals surface area contributed by atoms with Gasteiger partial charge in [-0.1, -0.05) is 12.1 Å². The lowest BCUT2D eigenvalue weighted by atomic mass is 10.2. The van der Waals surface area contributed by atoms with Gasteiger partial charge in [-0.15, -0.1) is 0 Å². The van der Waals surface area contributed by atoms with Crippen molar-refractivity contribution in [2.45, 2.75) is 6.54 Å². The maximum atomic E-state index is 12.5. The van der Waals surface area contributed by atoms with Gasteiger partial charge in [-0.2, -0.15) is 0 Å². The molecule has 0 atom stereocenters. The van der Waals surface area contributed by atoms with Crippen LogP contribution in [-0.2, 0) is 11.3 Å². The predicted molar refractivity (Wildman–Crippen MR) is 102 cm³/mol. The number of rotatable bonds is 4. The van der Waals surface area contributed by atoms with Crippen molar-refractivity contribution in [3.05, 3.63) is 62.9 Å². The predicted octanol–water partition coefficient (Wildman–Crippen LogP) is 0.978. The highest BCUT2D eigenvalue weighted by Crippen LogP contribution is 2.19. The fourth-order valence-corrected chi connectivity index (χ4v) is 3.22. The zero-order chi connectivity index (χ0) is 18.8. The van der Waals surface area contributed by atoms with Crippen LogP contribution in [-0.4, -0.2) is 47.9 Å². The number of morpholine rings is 1. The average molecular weight is 368 g/mol. The molecule has 0 bridgehead atoms. The molecule has 0 aliphatic carbocycles. The molecule has 0 unspecified atom stereocenters. The van der Waals surface area contributed by atoms with Gasteiger partial charge in [-0.25, -0.2) is 9.78 Å². The maximum absolute atomic E-state index is 12.5. The third kappa shape index (κ3) is 3.43. The quantitative estimate of drug-likeness (QED) is 0.738. The number of hydrogen-bond donors (Lipinski definition) is 1. The lowest BCUT2D eigenvalue weighted by Crippen LogP contribution is -2.36. The van der Waals surface area contributed by atoms with Crippen LogP contribution in [0, 0.1) is 0 Å². The minimum atomic E-state index is -0.477. The van der Waals surface area contributed by atoms with Crippen LogP contribution in [0.1, 0.15) is 5.56 Å². The molecule has 1 aliphatic heterocycles. The molecule has 0 spiro atoms. The fraction of sp³-hybridized carbons (Fsp3) is 0.316. The summed E-state index contributed by atoms with van der Waals surface area (Å²) in [5, 5.41) is 0. The highest BCUT2D eigenvalue weighted by Gasteiger charge is 2.15. The molecule has 2 aromatic heterocycles. The first-order valence-corrected chi connectivity index (χ1v) is 8.74. The van der Waals surface area contributed by atoms with Crippen molar-refractivity contribution in [2.75, 3.05) is 38.3 Å². The summed E-state index contributed by atoms with van der Waals surface area (Å²) in [4.78, 5) is 33.5. The van der Waals surface area contributed by atoms with Crippen molar-refractivity contribution in [3.8, 4) is 5.75 Å². The van der Waals surface area contributed by atoms with Crippen molar-refractivity contribution < 1.29 is 9.47 Å². The van der Waals surface area contributed by atoms with Crippen LogP contribution in [0.3, 0.4) is 0 Å². The van der Waals surface area contributed by atoms with Crippen LogP contribution in [0.5, 0.6) is 5.75 Å². The molecule has 3 heterocycles. The molecule has 0 saturated carbocycles. The first kappa shape index (κ1) is 17.3. The van der Waals surface area contributed by atoms with Gasteiger partial charge in [0.15, 0.2) is 5.52 Å². The minimum absolute atomic E-state index is 0.250. The van der Waals surface area contributed by atoms with Gasteiger partial charge in [0, 0.05) is 13.1 Å². The largest absolute Gasteiger partial charge is 0.497 e. The van der Waals surface area contributed by atoms with Gasteiger partial charge >= 0.3 is 5.69 Å². The topological polar surface area (TPSA) is 89.5 Å². The Bertz CT molecular complexity index is 1070. The monoisotopic (exact) mass is 368 g/mol. The van der Waals surface area contributed by atoms with Gasteiger partial charge in [0.05, 0.1) is 44.3 Å². The van der Waals surface area contributed by atoms with E-state index in [9.17, 15) is 9.59 Å². The second kappa shape index (κ2) is 7.24. The van der Waals surface area contributed by atoms with Crippen molar-refractivity contribution in [2.24, 2.45) is 0 Å². The lowest BCUT2D eigenvalue weighted by molar-refractivity contribution is 0.122. The van der Waals surface area contributed by atoms with Crippen molar-refractivity contribution in [1.82, 2.24) is 14.5 Å². The molecule has 0 amide bonds. The summed E-state index contributed by atoms with van der Waals surface area (Å²) in [6.45, 7) is 3.11. The summed E-state index contributed by atoms with van der Waals surface area (Å²) in [6, 6.07) is 9.31. The fourth-order valence-electron chi connectivity index (χ4n) is 3.22. The Morgan fingerprint density at radius 3 is 2.63 bits per heavy atom. The van der Waals surface area contributed by atoms with Gasteiger partial charge in [0.25, 0.3) is 5.56 Å². The molecule has 1 aliphatic rings. The molecule has 0 radical (unpaired) electrons. The van der Waals surface area contributed by atoms with E-state index < -0.39 is 11.2 Å². The number of nitrogens with one attached hydrogen (secondary N) is 1. The Balaban J connectivity index is 1.79. The normalized spacial score (nSPS) is 14.5. The number of aromatic amines is 1. The molecule has 4 rings (SSSR count). The second-order valence-electron chi connectivity index (χ2n) is 6.35. The highest BCUT2D eigenvalue weighted by molar-refractivity contribution is 5.77. The summed E-state index contributed by atoms with van der Waals surface area (Å²) in [6.07, 6.45) is 1.67. The number of H-pyrrole nitrogens is 1. The number of hydrogen-bond acceptors (Lipinski definition) is 6. The highest BCUT2D eigenvalue weighted by atomic mass is 16.5. The summed E-state index contributed by atoms with van der Waals surface area (Å²) >= 11 is 0. The number of pyridine rings is 1. The van der Waals surface area contributed by atoms with E-state index in [4.69, 9.17) is 9.47 Å². The third-order valence-electron chi connectivity index (χ3n) is 4.70. The van der Waals surface area contributed by atoms with Crippen LogP contribution < -0.4 is 20.9 Å². The Morgan fingerprint density at radius 2 is 1.93 bits per heavy atom. The molecular formula is C19H20N4O4. The molecule has 3 aromatic rings. The number of ether oxygens (including phenoxy) is 2. The van der Waals surface area contributed by atoms with Crippen molar-refractivity contribution in [1.29, 1.82) is 0 Å². The number of methoxy groups -OCH3 is 1. The number of nitrogens with zero attached hydrogens (tertiary/aromatic N) is 3. The van der Waals surface area contributed by atoms with E-state index in [1.807, 2.05) is 30.3 Å². The van der Waals surface area contributed by atoms with Crippen molar-refractivity contribution in [3.63, 3.8) is 0 Å². The number of fused-ring (bicyclic) bond motifs is 1. The standard InChI is InChI=1S/C19H20N4O4/c1-26-15-4-2-13(3-5-15)12-23-16-10-14(22-6-8-27-9-7-22)11-20-17(16)18(24)21-19(23)25/h2-5,10-11H,6-9,12H2,1H3,(H,21,24,25). The molecule has 140 valence electrons. The average Bonchev–Trinajstić information content (AvgIpc) is 2.72. The molecule has 1 saturated heterocycles. The van der Waals surface area contributed by atoms with E-state index in [1.165, 1.54) is 4.57 Å². The number of anilines is 1. The van der Waals surface area contributed by atoms with Crippen LogP contribution in [0.15, 0.2) is 46.1 Å².